The second-order valence-corrected chi connectivity index (χ2v) is 15.2. The largest absolute Gasteiger partial charge is 0.318 e. The molecule has 0 heterocycles. The summed E-state index contributed by atoms with van der Waals surface area (Å²) in [6.45, 7) is 8.32. The van der Waals surface area contributed by atoms with Gasteiger partial charge in [0.1, 0.15) is 7.14 Å². The maximum atomic E-state index is 13.9. The predicted molar refractivity (Wildman–Crippen MR) is 175 cm³/mol. The quantitative estimate of drug-likeness (QED) is 0.152. The molecule has 0 atom stereocenters. The molecule has 40 heavy (non-hydrogen) atoms. The van der Waals surface area contributed by atoms with E-state index >= 15 is 0 Å². The number of hydrogen-bond donors (Lipinski definition) is 0. The van der Waals surface area contributed by atoms with E-state index < -0.39 is 7.14 Å². The molecule has 0 saturated carbocycles. The van der Waals surface area contributed by atoms with Crippen LogP contribution in [0.4, 0.5) is 0 Å². The fraction of sp³-hybridized carbons (Fsp3) is 0.158. The van der Waals surface area contributed by atoms with Crippen molar-refractivity contribution in [1.82, 2.24) is 0 Å². The Bertz CT molecular complexity index is 1800. The van der Waals surface area contributed by atoms with Crippen molar-refractivity contribution in [3.63, 3.8) is 0 Å². The summed E-state index contributed by atoms with van der Waals surface area (Å²) in [5.74, 6) is 0. The van der Waals surface area contributed by atoms with E-state index in [4.69, 9.17) is 0 Å². The first-order valence-electron chi connectivity index (χ1n) is 14.2. The second-order valence-electron chi connectivity index (χ2n) is 11.2. The molecule has 6 aromatic carbocycles. The lowest BCUT2D eigenvalue weighted by molar-refractivity contribution is 0.569. The molecule has 0 aliphatic rings. The third-order valence-corrected chi connectivity index (χ3v) is 12.5. The highest BCUT2D eigenvalue weighted by atomic mass is 31.2. The predicted octanol–water partition coefficient (Wildman–Crippen LogP) is 10.8. The normalized spacial score (nSPS) is 12.1. The lowest BCUT2D eigenvalue weighted by atomic mass is 9.85. The highest BCUT2D eigenvalue weighted by Crippen LogP contribution is 2.54. The number of fused-ring (bicyclic) bond motifs is 2. The molecule has 1 nitrogen and oxygen atoms in total. The van der Waals surface area contributed by atoms with E-state index in [1.165, 1.54) is 43.8 Å². The SMILES string of the molecule is CC(C)P(=O)(c1ccc(-c2cccc(-c3c4ccccc4c(-c4ccccc4)c4ccccc34)c2)cc1)C(C)C. The molecule has 0 saturated heterocycles. The molecule has 0 N–H and O–H groups in total. The Kier molecular flexibility index (Phi) is 6.95. The lowest BCUT2D eigenvalue weighted by Crippen LogP contribution is -2.19. The minimum Gasteiger partial charge on any atom is -0.318 e. The maximum absolute atomic E-state index is 13.9. The number of rotatable bonds is 6. The first kappa shape index (κ1) is 26.3. The van der Waals surface area contributed by atoms with E-state index in [1.807, 2.05) is 0 Å². The first-order chi connectivity index (χ1) is 19.4. The average molecular weight is 539 g/mol. The van der Waals surface area contributed by atoms with Crippen LogP contribution in [0.25, 0.3) is 54.9 Å². The minimum absolute atomic E-state index is 0.127. The molecule has 0 bridgehead atoms. The van der Waals surface area contributed by atoms with Crippen molar-refractivity contribution in [2.24, 2.45) is 0 Å². The molecular formula is C38H35OP. The van der Waals surface area contributed by atoms with E-state index in [9.17, 15) is 4.57 Å². The van der Waals surface area contributed by atoms with Crippen molar-refractivity contribution in [3.05, 3.63) is 127 Å². The van der Waals surface area contributed by atoms with E-state index in [0.29, 0.717) is 0 Å². The molecule has 0 aromatic heterocycles. The summed E-state index contributed by atoms with van der Waals surface area (Å²) in [7, 11) is -2.47. The van der Waals surface area contributed by atoms with E-state index in [1.54, 1.807) is 0 Å². The standard InChI is InChI=1S/C38H35OP/c1-26(2)40(39,27(3)4)32-23-21-28(22-24-32)30-15-12-16-31(25-30)38-35-19-10-8-17-33(35)37(29-13-6-5-7-14-29)34-18-9-11-20-36(34)38/h5-27H,1-4H3. The van der Waals surface area contributed by atoms with Gasteiger partial charge in [0.15, 0.2) is 0 Å². The van der Waals surface area contributed by atoms with Gasteiger partial charge in [-0.15, -0.1) is 0 Å². The number of hydrogen-bond acceptors (Lipinski definition) is 1. The summed E-state index contributed by atoms with van der Waals surface area (Å²) in [4.78, 5) is 0. The average Bonchev–Trinajstić information content (AvgIpc) is 2.99. The zero-order chi connectivity index (χ0) is 27.9. The summed E-state index contributed by atoms with van der Waals surface area (Å²) < 4.78 is 13.9. The monoisotopic (exact) mass is 538 g/mol. The van der Waals surface area contributed by atoms with Gasteiger partial charge in [-0.2, -0.15) is 0 Å². The van der Waals surface area contributed by atoms with Crippen LogP contribution in [-0.4, -0.2) is 11.3 Å². The molecule has 0 fully saturated rings. The Hall–Kier alpha value is -3.93. The molecule has 198 valence electrons. The highest BCUT2D eigenvalue weighted by molar-refractivity contribution is 7.72. The summed E-state index contributed by atoms with van der Waals surface area (Å²) in [5.41, 5.74) is 7.52. The second kappa shape index (κ2) is 10.6. The van der Waals surface area contributed by atoms with Gasteiger partial charge in [-0.1, -0.05) is 149 Å². The van der Waals surface area contributed by atoms with E-state index in [-0.39, 0.29) is 11.3 Å². The van der Waals surface area contributed by atoms with Crippen molar-refractivity contribution in [2.75, 3.05) is 0 Å². The van der Waals surface area contributed by atoms with Gasteiger partial charge in [0.25, 0.3) is 0 Å². The maximum Gasteiger partial charge on any atom is 0.120 e. The third kappa shape index (κ3) is 4.40. The summed E-state index contributed by atoms with van der Waals surface area (Å²) in [6, 6.07) is 45.6. The fourth-order valence-corrected chi connectivity index (χ4v) is 9.29. The van der Waals surface area contributed by atoms with Crippen LogP contribution in [-0.2, 0) is 4.57 Å². The van der Waals surface area contributed by atoms with Crippen molar-refractivity contribution in [1.29, 1.82) is 0 Å². The molecule has 0 aliphatic heterocycles. The van der Waals surface area contributed by atoms with Crippen LogP contribution >= 0.6 is 7.14 Å². The van der Waals surface area contributed by atoms with Crippen LogP contribution in [0, 0.1) is 0 Å². The molecule has 0 amide bonds. The molecule has 0 radical (unpaired) electrons. The van der Waals surface area contributed by atoms with Crippen LogP contribution in [0.1, 0.15) is 27.7 Å². The van der Waals surface area contributed by atoms with Crippen LogP contribution in [0.5, 0.6) is 0 Å². The topological polar surface area (TPSA) is 17.1 Å². The Morgan fingerprint density at radius 2 is 0.850 bits per heavy atom. The Balaban J connectivity index is 1.53. The van der Waals surface area contributed by atoms with E-state index in [0.717, 1.165) is 16.4 Å². The third-order valence-electron chi connectivity index (χ3n) is 8.28. The minimum atomic E-state index is -2.47. The van der Waals surface area contributed by atoms with Crippen molar-refractivity contribution in [3.8, 4) is 33.4 Å². The van der Waals surface area contributed by atoms with Gasteiger partial charge in [-0.05, 0) is 61.0 Å². The van der Waals surface area contributed by atoms with Gasteiger partial charge in [-0.3, -0.25) is 0 Å². The Labute approximate surface area is 237 Å². The lowest BCUT2D eigenvalue weighted by Gasteiger charge is -2.26. The Morgan fingerprint density at radius 3 is 1.35 bits per heavy atom. The summed E-state index contributed by atoms with van der Waals surface area (Å²) in [6.07, 6.45) is 0. The Morgan fingerprint density at radius 1 is 0.425 bits per heavy atom. The summed E-state index contributed by atoms with van der Waals surface area (Å²) >= 11 is 0. The molecule has 0 unspecified atom stereocenters. The summed E-state index contributed by atoms with van der Waals surface area (Å²) in [5, 5.41) is 6.00. The zero-order valence-electron chi connectivity index (χ0n) is 23.6. The molecule has 6 aromatic rings. The molecular weight excluding hydrogens is 503 g/mol. The van der Waals surface area contributed by atoms with Crippen molar-refractivity contribution in [2.45, 2.75) is 39.0 Å². The molecule has 0 aliphatic carbocycles. The van der Waals surface area contributed by atoms with Crippen molar-refractivity contribution < 1.29 is 4.57 Å². The van der Waals surface area contributed by atoms with Gasteiger partial charge < -0.3 is 4.57 Å². The fourth-order valence-electron chi connectivity index (χ4n) is 6.29. The van der Waals surface area contributed by atoms with Crippen LogP contribution < -0.4 is 5.30 Å². The van der Waals surface area contributed by atoms with Gasteiger partial charge in [0.05, 0.1) is 0 Å². The highest BCUT2D eigenvalue weighted by Gasteiger charge is 2.32. The molecule has 2 heteroatoms. The van der Waals surface area contributed by atoms with Crippen molar-refractivity contribution >= 4 is 34.0 Å². The van der Waals surface area contributed by atoms with Crippen LogP contribution in [0.2, 0.25) is 0 Å². The smallest absolute Gasteiger partial charge is 0.120 e. The zero-order valence-corrected chi connectivity index (χ0v) is 24.5. The van der Waals surface area contributed by atoms with E-state index in [2.05, 4.69) is 155 Å². The van der Waals surface area contributed by atoms with Crippen LogP contribution in [0.15, 0.2) is 127 Å². The van der Waals surface area contributed by atoms with Gasteiger partial charge in [0, 0.05) is 16.6 Å². The molecule has 0 spiro atoms. The first-order valence-corrected chi connectivity index (χ1v) is 16.0. The van der Waals surface area contributed by atoms with Gasteiger partial charge in [-0.25, -0.2) is 0 Å². The number of benzene rings is 6. The molecule has 6 rings (SSSR count). The van der Waals surface area contributed by atoms with Crippen LogP contribution in [0.3, 0.4) is 0 Å². The van der Waals surface area contributed by atoms with Gasteiger partial charge >= 0.3 is 0 Å². The van der Waals surface area contributed by atoms with Gasteiger partial charge in [0.2, 0.25) is 0 Å².